The first kappa shape index (κ1) is 10.1. The van der Waals surface area contributed by atoms with Gasteiger partial charge >= 0.3 is 0 Å². The lowest BCUT2D eigenvalue weighted by Crippen LogP contribution is -2.05. The second-order valence-corrected chi connectivity index (χ2v) is 4.15. The first-order valence-electron chi connectivity index (χ1n) is 4.72. The number of nitrogens with zero attached hydrogens (tertiary/aromatic N) is 1. The molecule has 2 rings (SSSR count). The maximum Gasteiger partial charge on any atom is 0.141 e. The molecular weight excluding hydrogens is 211 g/mol. The van der Waals surface area contributed by atoms with Crippen LogP contribution in [0.2, 0.25) is 0 Å². The van der Waals surface area contributed by atoms with E-state index in [9.17, 15) is 4.39 Å². The zero-order valence-electron chi connectivity index (χ0n) is 8.11. The molecule has 78 valence electrons. The lowest BCUT2D eigenvalue weighted by molar-refractivity contribution is 0.621. The van der Waals surface area contributed by atoms with Gasteiger partial charge in [0.15, 0.2) is 0 Å². The maximum absolute atomic E-state index is 12.5. The van der Waals surface area contributed by atoms with E-state index in [0.717, 1.165) is 13.0 Å². The molecule has 0 bridgehead atoms. The summed E-state index contributed by atoms with van der Waals surface area (Å²) in [6, 6.07) is 7.19. The molecule has 0 amide bonds. The van der Waals surface area contributed by atoms with E-state index in [1.165, 1.54) is 17.1 Å². The molecule has 0 atom stereocenters. The van der Waals surface area contributed by atoms with Crippen molar-refractivity contribution in [3.8, 4) is 0 Å². The van der Waals surface area contributed by atoms with E-state index < -0.39 is 0 Å². The van der Waals surface area contributed by atoms with Gasteiger partial charge in [-0.15, -0.1) is 11.3 Å². The molecule has 0 radical (unpaired) electrons. The minimum Gasteiger partial charge on any atom is -0.370 e. The van der Waals surface area contributed by atoms with Crippen molar-refractivity contribution in [3.63, 3.8) is 0 Å². The van der Waals surface area contributed by atoms with Crippen LogP contribution in [0.25, 0.3) is 0 Å². The molecule has 0 spiro atoms. The predicted octanol–water partition coefficient (Wildman–Crippen LogP) is 2.94. The number of thiophene rings is 1. The van der Waals surface area contributed by atoms with E-state index in [0.29, 0.717) is 5.82 Å². The van der Waals surface area contributed by atoms with Crippen molar-refractivity contribution in [3.05, 3.63) is 46.5 Å². The van der Waals surface area contributed by atoms with Crippen LogP contribution in [-0.4, -0.2) is 11.5 Å². The third-order valence-corrected chi connectivity index (χ3v) is 2.92. The highest BCUT2D eigenvalue weighted by Crippen LogP contribution is 2.09. The van der Waals surface area contributed by atoms with Crippen LogP contribution in [0.15, 0.2) is 35.8 Å². The van der Waals surface area contributed by atoms with Crippen LogP contribution in [0.1, 0.15) is 4.88 Å². The van der Waals surface area contributed by atoms with Crippen LogP contribution in [-0.2, 0) is 6.42 Å². The number of pyridine rings is 1. The zero-order valence-corrected chi connectivity index (χ0v) is 8.93. The van der Waals surface area contributed by atoms with Crippen LogP contribution >= 0.6 is 11.3 Å². The molecule has 0 saturated carbocycles. The first-order chi connectivity index (χ1) is 7.34. The van der Waals surface area contributed by atoms with Crippen molar-refractivity contribution >= 4 is 17.2 Å². The summed E-state index contributed by atoms with van der Waals surface area (Å²) in [5, 5.41) is 5.20. The maximum atomic E-state index is 12.5. The van der Waals surface area contributed by atoms with Gasteiger partial charge in [-0.1, -0.05) is 6.07 Å². The SMILES string of the molecule is Fc1ccc(NCCc2cccs2)nc1. The van der Waals surface area contributed by atoms with Gasteiger partial charge in [0.25, 0.3) is 0 Å². The number of halogens is 1. The van der Waals surface area contributed by atoms with Gasteiger partial charge in [0, 0.05) is 11.4 Å². The lowest BCUT2D eigenvalue weighted by atomic mass is 10.3. The molecule has 0 fully saturated rings. The second kappa shape index (κ2) is 4.89. The van der Waals surface area contributed by atoms with Gasteiger partial charge in [0.05, 0.1) is 6.20 Å². The molecule has 0 aliphatic carbocycles. The van der Waals surface area contributed by atoms with Crippen molar-refractivity contribution < 1.29 is 4.39 Å². The Labute approximate surface area is 91.8 Å². The molecule has 1 N–H and O–H groups in total. The molecule has 0 aliphatic heterocycles. The number of rotatable bonds is 4. The Morgan fingerprint density at radius 2 is 2.27 bits per heavy atom. The van der Waals surface area contributed by atoms with Gasteiger partial charge < -0.3 is 5.32 Å². The van der Waals surface area contributed by atoms with Gasteiger partial charge in [-0.2, -0.15) is 0 Å². The fourth-order valence-electron chi connectivity index (χ4n) is 1.25. The van der Waals surface area contributed by atoms with Crippen LogP contribution in [0, 0.1) is 5.82 Å². The summed E-state index contributed by atoms with van der Waals surface area (Å²) in [6.07, 6.45) is 2.18. The standard InChI is InChI=1S/C11H11FN2S/c12-9-3-4-11(14-8-9)13-6-5-10-2-1-7-15-10/h1-4,7-8H,5-6H2,(H,13,14). The predicted molar refractivity (Wildman–Crippen MR) is 60.7 cm³/mol. The van der Waals surface area contributed by atoms with Crippen LogP contribution in [0.4, 0.5) is 10.2 Å². The molecule has 0 saturated heterocycles. The topological polar surface area (TPSA) is 24.9 Å². The molecule has 2 aromatic rings. The summed E-state index contributed by atoms with van der Waals surface area (Å²) in [5.41, 5.74) is 0. The van der Waals surface area contributed by atoms with Crippen molar-refractivity contribution in [1.29, 1.82) is 0 Å². The Balaban J connectivity index is 1.81. The molecule has 0 aliphatic rings. The zero-order chi connectivity index (χ0) is 10.5. The largest absolute Gasteiger partial charge is 0.370 e. The minimum absolute atomic E-state index is 0.307. The van der Waals surface area contributed by atoms with Crippen LogP contribution in [0.3, 0.4) is 0 Å². The number of nitrogens with one attached hydrogen (secondary N) is 1. The van der Waals surface area contributed by atoms with Gasteiger partial charge in [-0.25, -0.2) is 9.37 Å². The van der Waals surface area contributed by atoms with E-state index in [4.69, 9.17) is 0 Å². The summed E-state index contributed by atoms with van der Waals surface area (Å²) in [6.45, 7) is 0.819. The van der Waals surface area contributed by atoms with E-state index in [1.54, 1.807) is 17.4 Å². The van der Waals surface area contributed by atoms with Crippen molar-refractivity contribution in [2.75, 3.05) is 11.9 Å². The summed E-state index contributed by atoms with van der Waals surface area (Å²) in [5.74, 6) is 0.409. The Bertz CT molecular complexity index is 397. The highest BCUT2D eigenvalue weighted by molar-refractivity contribution is 7.09. The molecule has 0 aromatic carbocycles. The number of hydrogen-bond acceptors (Lipinski definition) is 3. The summed E-state index contributed by atoms with van der Waals surface area (Å²) < 4.78 is 12.5. The summed E-state index contributed by atoms with van der Waals surface area (Å²) in [4.78, 5) is 5.25. The van der Waals surface area contributed by atoms with E-state index in [2.05, 4.69) is 21.7 Å². The molecule has 15 heavy (non-hydrogen) atoms. The highest BCUT2D eigenvalue weighted by Gasteiger charge is 1.96. The molecule has 2 aromatic heterocycles. The molecule has 0 unspecified atom stereocenters. The van der Waals surface area contributed by atoms with Crippen LogP contribution in [0.5, 0.6) is 0 Å². The summed E-state index contributed by atoms with van der Waals surface area (Å²) >= 11 is 1.74. The van der Waals surface area contributed by atoms with Crippen molar-refractivity contribution in [2.24, 2.45) is 0 Å². The number of hydrogen-bond donors (Lipinski definition) is 1. The second-order valence-electron chi connectivity index (χ2n) is 3.12. The number of aromatic nitrogens is 1. The molecule has 2 nitrogen and oxygen atoms in total. The molecule has 4 heteroatoms. The van der Waals surface area contributed by atoms with Crippen molar-refractivity contribution in [1.82, 2.24) is 4.98 Å². The normalized spacial score (nSPS) is 10.2. The van der Waals surface area contributed by atoms with Gasteiger partial charge in [-0.3, -0.25) is 0 Å². The average molecular weight is 222 g/mol. The Hall–Kier alpha value is -1.42. The fourth-order valence-corrected chi connectivity index (χ4v) is 1.96. The van der Waals surface area contributed by atoms with Gasteiger partial charge in [0.2, 0.25) is 0 Å². The Morgan fingerprint density at radius 3 is 2.93 bits per heavy atom. The van der Waals surface area contributed by atoms with E-state index in [-0.39, 0.29) is 5.82 Å². The Morgan fingerprint density at radius 1 is 1.33 bits per heavy atom. The Kier molecular flexibility index (Phi) is 3.29. The van der Waals surface area contributed by atoms with Crippen LogP contribution < -0.4 is 5.32 Å². The third kappa shape index (κ3) is 3.02. The minimum atomic E-state index is -0.307. The molecular formula is C11H11FN2S. The smallest absolute Gasteiger partial charge is 0.141 e. The lowest BCUT2D eigenvalue weighted by Gasteiger charge is -2.03. The fraction of sp³-hybridized carbons (Fsp3) is 0.182. The molecule has 2 heterocycles. The summed E-state index contributed by atoms with van der Waals surface area (Å²) in [7, 11) is 0. The van der Waals surface area contributed by atoms with Gasteiger partial charge in [-0.05, 0) is 30.0 Å². The quantitative estimate of drug-likeness (QED) is 0.860. The van der Waals surface area contributed by atoms with E-state index in [1.807, 2.05) is 6.07 Å². The average Bonchev–Trinajstić information content (AvgIpc) is 2.74. The highest BCUT2D eigenvalue weighted by atomic mass is 32.1. The van der Waals surface area contributed by atoms with Gasteiger partial charge in [0.1, 0.15) is 11.6 Å². The van der Waals surface area contributed by atoms with Crippen molar-refractivity contribution in [2.45, 2.75) is 6.42 Å². The monoisotopic (exact) mass is 222 g/mol. The number of anilines is 1. The third-order valence-electron chi connectivity index (χ3n) is 1.99. The first-order valence-corrected chi connectivity index (χ1v) is 5.60. The van der Waals surface area contributed by atoms with E-state index >= 15 is 0 Å².